The zero-order chi connectivity index (χ0) is 42.5. The van der Waals surface area contributed by atoms with Crippen molar-refractivity contribution in [3.8, 4) is 0 Å². The van der Waals surface area contributed by atoms with E-state index >= 15 is 0 Å². The van der Waals surface area contributed by atoms with Crippen molar-refractivity contribution in [2.45, 2.75) is 0 Å². The summed E-state index contributed by atoms with van der Waals surface area (Å²) in [5.74, 6) is 0. The second-order valence-corrected chi connectivity index (χ2v) is 23.8. The first kappa shape index (κ1) is 49.1. The Morgan fingerprint density at radius 2 is 0.355 bits per heavy atom. The molecule has 62 heavy (non-hydrogen) atoms. The molecule has 4 nitrogen and oxygen atoms in total. The molecule has 0 heterocycles. The molecule has 0 saturated heterocycles. The summed E-state index contributed by atoms with van der Waals surface area (Å²) in [7, 11) is -6.09. The monoisotopic (exact) mass is 954 g/mol. The molecule has 0 saturated carbocycles. The minimum absolute atomic E-state index is 0. The first-order valence-corrected chi connectivity index (χ1v) is 27.3. The van der Waals surface area contributed by atoms with Crippen LogP contribution in [0.25, 0.3) is 0 Å². The SMILES string of the molecule is [Ni].[O-][Cl+3]([O-])([O-])O.c1ccc(P(CCP(c2ccccc2)c2ccccc2)c2ccccc2)cc1.c1ccc(P(CCP(c2ccccc2)c2ccccc2)c2ccccc2)cc1. The molecule has 0 aliphatic heterocycles. The van der Waals surface area contributed by atoms with E-state index in [0.717, 1.165) is 0 Å². The van der Waals surface area contributed by atoms with Crippen LogP contribution in [0.5, 0.6) is 0 Å². The van der Waals surface area contributed by atoms with Gasteiger partial charge in [-0.1, -0.05) is 243 Å². The van der Waals surface area contributed by atoms with Crippen LogP contribution in [0.2, 0.25) is 0 Å². The summed E-state index contributed by atoms with van der Waals surface area (Å²) in [6, 6.07) is 88.4. The molecule has 0 unspecified atom stereocenters. The van der Waals surface area contributed by atoms with E-state index in [9.17, 15) is 0 Å². The molecule has 0 bridgehead atoms. The number of hydrogen-bond donors (Lipinski definition) is 1. The molecule has 10 heteroatoms. The topological polar surface area (TPSA) is 89.4 Å². The van der Waals surface area contributed by atoms with Gasteiger partial charge in [0.1, 0.15) is 0 Å². The van der Waals surface area contributed by atoms with Gasteiger partial charge in [-0.15, -0.1) is 0 Å². The largest absolute Gasteiger partial charge is 0.183 e. The van der Waals surface area contributed by atoms with Crippen molar-refractivity contribution in [1.82, 2.24) is 0 Å². The Kier molecular flexibility index (Phi) is 21.1. The Balaban J connectivity index is 0.000000208. The molecular formula is C52H49ClNiO4P4. The summed E-state index contributed by atoms with van der Waals surface area (Å²) >= 11 is 0. The van der Waals surface area contributed by atoms with Crippen molar-refractivity contribution in [3.05, 3.63) is 243 Å². The fourth-order valence-electron chi connectivity index (χ4n) is 6.89. The third-order valence-electron chi connectivity index (χ3n) is 9.64. The van der Waals surface area contributed by atoms with Gasteiger partial charge < -0.3 is 0 Å². The van der Waals surface area contributed by atoms with Crippen molar-refractivity contribution in [2.75, 3.05) is 24.6 Å². The van der Waals surface area contributed by atoms with E-state index in [4.69, 9.17) is 18.6 Å². The van der Waals surface area contributed by atoms with Crippen LogP contribution in [-0.4, -0.2) is 29.3 Å². The quantitative estimate of drug-likeness (QED) is 0.101. The zero-order valence-electron chi connectivity index (χ0n) is 34.1. The van der Waals surface area contributed by atoms with E-state index in [1.807, 2.05) is 0 Å². The first-order valence-electron chi connectivity index (χ1n) is 20.0. The molecule has 0 spiro atoms. The Hall–Kier alpha value is -3.90. The van der Waals surface area contributed by atoms with Crippen LogP contribution in [0, 0.1) is 10.2 Å². The minimum Gasteiger partial charge on any atom is -0.183 e. The Morgan fingerprint density at radius 1 is 0.258 bits per heavy atom. The van der Waals surface area contributed by atoms with E-state index in [2.05, 4.69) is 243 Å². The Labute approximate surface area is 384 Å². The predicted octanol–water partition coefficient (Wildman–Crippen LogP) is 6.38. The maximum atomic E-state index is 8.60. The van der Waals surface area contributed by atoms with Gasteiger partial charge in [0.2, 0.25) is 0 Å². The number of hydrogen-bond acceptors (Lipinski definition) is 4. The molecule has 0 atom stereocenters. The fourth-order valence-corrected chi connectivity index (χ4v) is 17.6. The second kappa shape index (κ2) is 26.7. The molecule has 0 radical (unpaired) electrons. The Bertz CT molecular complexity index is 1880. The third kappa shape index (κ3) is 16.3. The standard InChI is InChI=1S/2C26H24P2.ClHO4.Ni/c2*1-5-13-23(14-6-1)27(24-15-7-2-8-16-24)21-22-28(25-17-9-3-10-18-25)26-19-11-4-12-20-26;2-1(3,4)5;/h2*1-20H,21-22H2;(H,2,3,4,5);. The number of halogens is 1. The maximum Gasteiger partial charge on any atom is 0.0777 e. The molecule has 1 N–H and O–H groups in total. The summed E-state index contributed by atoms with van der Waals surface area (Å²) in [6.07, 6.45) is 4.83. The molecule has 0 aromatic heterocycles. The van der Waals surface area contributed by atoms with Gasteiger partial charge in [-0.2, -0.15) is 14.0 Å². The smallest absolute Gasteiger partial charge is 0.0777 e. The summed E-state index contributed by atoms with van der Waals surface area (Å²) < 4.78 is 32.7. The van der Waals surface area contributed by atoms with Gasteiger partial charge in [-0.05, 0) is 98.8 Å². The van der Waals surface area contributed by atoms with E-state index < -0.39 is 10.2 Å². The molecule has 8 aromatic rings. The molecule has 0 amide bonds. The average Bonchev–Trinajstić information content (AvgIpc) is 3.31. The van der Waals surface area contributed by atoms with Crippen LogP contribution in [0.4, 0.5) is 0 Å². The van der Waals surface area contributed by atoms with Crippen LogP contribution in [0.3, 0.4) is 0 Å². The summed E-state index contributed by atoms with van der Waals surface area (Å²) in [5.41, 5.74) is 0. The van der Waals surface area contributed by atoms with Crippen molar-refractivity contribution in [1.29, 1.82) is 0 Å². The van der Waals surface area contributed by atoms with E-state index in [-0.39, 0.29) is 48.2 Å². The summed E-state index contributed by atoms with van der Waals surface area (Å²) in [4.78, 5) is 0. The van der Waals surface area contributed by atoms with Gasteiger partial charge in [0.25, 0.3) is 0 Å². The fraction of sp³-hybridized carbons (Fsp3) is 0.0769. The van der Waals surface area contributed by atoms with Gasteiger partial charge in [-0.25, -0.2) is 0 Å². The van der Waals surface area contributed by atoms with Gasteiger partial charge in [-0.3, -0.25) is 0 Å². The normalized spacial score (nSPS) is 11.0. The maximum absolute atomic E-state index is 8.60. The van der Waals surface area contributed by atoms with Crippen molar-refractivity contribution in [3.63, 3.8) is 0 Å². The van der Waals surface area contributed by atoms with E-state index in [0.29, 0.717) is 0 Å². The van der Waals surface area contributed by atoms with Gasteiger partial charge in [0, 0.05) is 16.5 Å². The minimum atomic E-state index is -4.69. The van der Waals surface area contributed by atoms with Gasteiger partial charge in [0.15, 0.2) is 0 Å². The van der Waals surface area contributed by atoms with Crippen LogP contribution < -0.4 is 56.4 Å². The average molecular weight is 956 g/mol. The molecule has 0 aliphatic rings. The zero-order valence-corrected chi connectivity index (χ0v) is 39.4. The second-order valence-electron chi connectivity index (χ2n) is 13.7. The molecule has 0 aliphatic carbocycles. The number of rotatable bonds is 14. The van der Waals surface area contributed by atoms with Crippen LogP contribution in [0.15, 0.2) is 243 Å². The van der Waals surface area contributed by atoms with E-state index in [1.165, 1.54) is 67.1 Å². The van der Waals surface area contributed by atoms with Gasteiger partial charge >= 0.3 is 0 Å². The van der Waals surface area contributed by atoms with Crippen LogP contribution in [-0.2, 0) is 16.5 Å². The molecular weight excluding hydrogens is 907 g/mol. The summed E-state index contributed by atoms with van der Waals surface area (Å²) in [5, 5.41) is 11.8. The van der Waals surface area contributed by atoms with Gasteiger partial charge in [0.05, 0.1) is 14.9 Å². The first-order chi connectivity index (χ1) is 29.8. The van der Waals surface area contributed by atoms with Crippen LogP contribution >= 0.6 is 31.7 Å². The third-order valence-corrected chi connectivity index (χ3v) is 20.4. The van der Waals surface area contributed by atoms with Crippen molar-refractivity contribution >= 4 is 74.1 Å². The Morgan fingerprint density at radius 3 is 0.452 bits per heavy atom. The molecule has 8 aromatic carbocycles. The van der Waals surface area contributed by atoms with Crippen molar-refractivity contribution < 1.29 is 45.4 Å². The van der Waals surface area contributed by atoms with Crippen LogP contribution in [0.1, 0.15) is 0 Å². The molecule has 0 fully saturated rings. The van der Waals surface area contributed by atoms with Crippen molar-refractivity contribution in [2.24, 2.45) is 0 Å². The predicted molar refractivity (Wildman–Crippen MR) is 258 cm³/mol. The molecule has 318 valence electrons. The number of benzene rings is 8. The summed E-state index contributed by atoms with van der Waals surface area (Å²) in [6.45, 7) is 0. The van der Waals surface area contributed by atoms with E-state index in [1.54, 1.807) is 0 Å². The molecule has 8 rings (SSSR count).